The van der Waals surface area contributed by atoms with Gasteiger partial charge in [0.15, 0.2) is 5.11 Å². The van der Waals surface area contributed by atoms with Crippen LogP contribution in [0, 0.1) is 0 Å². The predicted molar refractivity (Wildman–Crippen MR) is 129 cm³/mol. The van der Waals surface area contributed by atoms with Gasteiger partial charge in [0.25, 0.3) is 10.0 Å². The molecule has 3 N–H and O–H groups in total. The van der Waals surface area contributed by atoms with Crippen LogP contribution in [0.4, 0.5) is 5.00 Å². The Labute approximate surface area is 198 Å². The first-order chi connectivity index (χ1) is 14.8. The molecule has 0 aliphatic rings. The Hall–Kier alpha value is -2.31. The van der Waals surface area contributed by atoms with Crippen LogP contribution in [0.1, 0.15) is 20.8 Å². The number of thiocarbonyl (C=S) groups is 1. The third kappa shape index (κ3) is 6.34. The normalized spacial score (nSPS) is 11.0. The Morgan fingerprint density at radius 1 is 1.13 bits per heavy atom. The number of ether oxygens (including phenoxy) is 1. The zero-order valence-electron chi connectivity index (χ0n) is 16.2. The fraction of sp³-hybridized carbons (Fsp3) is 0.100. The molecule has 0 radical (unpaired) electrons. The summed E-state index contributed by atoms with van der Waals surface area (Å²) in [4.78, 5) is 15.4. The summed E-state index contributed by atoms with van der Waals surface area (Å²) in [6, 6.07) is 17.7. The minimum absolute atomic E-state index is 0.0149. The summed E-state index contributed by atoms with van der Waals surface area (Å²) < 4.78 is 30.4. The van der Waals surface area contributed by atoms with Crippen molar-refractivity contribution in [2.24, 2.45) is 0 Å². The number of benzene rings is 2. The van der Waals surface area contributed by atoms with Gasteiger partial charge in [-0.15, -0.1) is 16.2 Å². The topological polar surface area (TPSA) is 96.5 Å². The highest BCUT2D eigenvalue weighted by Gasteiger charge is 2.19. The van der Waals surface area contributed by atoms with Crippen molar-refractivity contribution in [1.29, 1.82) is 0 Å². The maximum atomic E-state index is 12.4. The lowest BCUT2D eigenvalue weighted by molar-refractivity contribution is 0.0602. The number of hydrazine groups is 1. The van der Waals surface area contributed by atoms with Gasteiger partial charge in [0, 0.05) is 15.8 Å². The van der Waals surface area contributed by atoms with Crippen LogP contribution in [0.2, 0.25) is 0 Å². The zero-order chi connectivity index (χ0) is 22.4. The Morgan fingerprint density at radius 2 is 1.81 bits per heavy atom. The van der Waals surface area contributed by atoms with Gasteiger partial charge in [0.1, 0.15) is 5.00 Å². The highest BCUT2D eigenvalue weighted by Crippen LogP contribution is 2.30. The number of sulfonamides is 1. The summed E-state index contributed by atoms with van der Waals surface area (Å²) in [5, 5.41) is 3.31. The number of hydrogen-bond acceptors (Lipinski definition) is 6. The van der Waals surface area contributed by atoms with Gasteiger partial charge in [-0.2, -0.15) is 0 Å². The number of thiophene rings is 1. The van der Waals surface area contributed by atoms with Crippen LogP contribution in [0.15, 0.2) is 70.0 Å². The number of carbonyl (C=O) groups is 1. The molecule has 0 aliphatic carbocycles. The molecule has 0 fully saturated rings. The number of halogens is 1. The first-order valence-corrected chi connectivity index (χ1v) is 12.4. The largest absolute Gasteiger partial charge is 0.465 e. The Bertz CT molecular complexity index is 1180. The van der Waals surface area contributed by atoms with Crippen molar-refractivity contribution in [2.45, 2.75) is 11.3 Å². The second-order valence-corrected chi connectivity index (χ2v) is 10.4. The third-order valence-electron chi connectivity index (χ3n) is 4.06. The van der Waals surface area contributed by atoms with Gasteiger partial charge < -0.3 is 10.1 Å². The highest BCUT2D eigenvalue weighted by molar-refractivity contribution is 9.10. The molecule has 2 aromatic carbocycles. The van der Waals surface area contributed by atoms with E-state index in [1.165, 1.54) is 30.6 Å². The number of anilines is 1. The Balaban J connectivity index is 1.70. The van der Waals surface area contributed by atoms with Crippen LogP contribution in [0.3, 0.4) is 0 Å². The van der Waals surface area contributed by atoms with Gasteiger partial charge in [-0.05, 0) is 48.1 Å². The number of esters is 1. The molecule has 0 atom stereocenters. The van der Waals surface area contributed by atoms with Crippen LogP contribution in [0.5, 0.6) is 0 Å². The molecule has 0 saturated heterocycles. The SMILES string of the molecule is COC(=O)c1cc(Cc2ccccc2)sc1NC(=S)NNS(=O)(=O)c1ccc(Br)cc1. The van der Waals surface area contributed by atoms with Crippen molar-refractivity contribution in [2.75, 3.05) is 12.4 Å². The molecule has 1 heterocycles. The van der Waals surface area contributed by atoms with Gasteiger partial charge in [0.2, 0.25) is 0 Å². The maximum absolute atomic E-state index is 12.4. The molecule has 11 heteroatoms. The van der Waals surface area contributed by atoms with Crippen LogP contribution in [0.25, 0.3) is 0 Å². The van der Waals surface area contributed by atoms with Crippen molar-refractivity contribution >= 4 is 65.6 Å². The number of methoxy groups -OCH3 is 1. The number of carbonyl (C=O) groups excluding carboxylic acids is 1. The fourth-order valence-electron chi connectivity index (χ4n) is 2.60. The molecule has 3 aromatic rings. The number of nitrogens with one attached hydrogen (secondary N) is 3. The van der Waals surface area contributed by atoms with Gasteiger partial charge in [-0.1, -0.05) is 46.3 Å². The van der Waals surface area contributed by atoms with E-state index in [1.54, 1.807) is 18.2 Å². The molecule has 162 valence electrons. The van der Waals surface area contributed by atoms with Crippen LogP contribution in [-0.4, -0.2) is 26.6 Å². The van der Waals surface area contributed by atoms with E-state index < -0.39 is 16.0 Å². The molecule has 3 rings (SSSR count). The molecular formula is C20H18BrN3O4S3. The van der Waals surface area contributed by atoms with Gasteiger partial charge in [-0.25, -0.2) is 13.2 Å². The van der Waals surface area contributed by atoms with Gasteiger partial charge >= 0.3 is 5.97 Å². The molecule has 0 aliphatic heterocycles. The van der Waals surface area contributed by atoms with Gasteiger partial charge in [-0.3, -0.25) is 5.43 Å². The van der Waals surface area contributed by atoms with Crippen molar-refractivity contribution in [1.82, 2.24) is 10.3 Å². The van der Waals surface area contributed by atoms with Crippen LogP contribution < -0.4 is 15.6 Å². The molecule has 0 unspecified atom stereocenters. The summed E-state index contributed by atoms with van der Waals surface area (Å²) in [6.07, 6.45) is 0.633. The second kappa shape index (κ2) is 10.3. The van der Waals surface area contributed by atoms with E-state index >= 15 is 0 Å². The predicted octanol–water partition coefficient (Wildman–Crippen LogP) is 4.07. The first kappa shape index (κ1) is 23.4. The van der Waals surface area contributed by atoms with Crippen molar-refractivity contribution < 1.29 is 17.9 Å². The minimum Gasteiger partial charge on any atom is -0.465 e. The smallest absolute Gasteiger partial charge is 0.340 e. The lowest BCUT2D eigenvalue weighted by Crippen LogP contribution is -2.43. The van der Waals surface area contributed by atoms with Crippen LogP contribution >= 0.6 is 39.5 Å². The Kier molecular flexibility index (Phi) is 7.79. The number of rotatable bonds is 7. The minimum atomic E-state index is -3.83. The third-order valence-corrected chi connectivity index (χ3v) is 7.11. The quantitative estimate of drug-likeness (QED) is 0.236. The molecule has 0 bridgehead atoms. The van der Waals surface area contributed by atoms with E-state index in [1.807, 2.05) is 30.3 Å². The van der Waals surface area contributed by atoms with E-state index in [0.717, 1.165) is 14.9 Å². The average molecular weight is 540 g/mol. The summed E-state index contributed by atoms with van der Waals surface area (Å²) in [7, 11) is -2.53. The molecule has 7 nitrogen and oxygen atoms in total. The standard InChI is InChI=1S/C20H18BrN3O4S3/c1-28-19(25)17-12-15(11-13-5-3-2-4-6-13)30-18(17)22-20(29)23-24-31(26,27)16-9-7-14(21)8-10-16/h2-10,12,24H,11H2,1H3,(H2,22,23,29). The van der Waals surface area contributed by atoms with Gasteiger partial charge in [0.05, 0.1) is 17.6 Å². The summed E-state index contributed by atoms with van der Waals surface area (Å²) in [5.74, 6) is -0.517. The Morgan fingerprint density at radius 3 is 2.45 bits per heavy atom. The summed E-state index contributed by atoms with van der Waals surface area (Å²) >= 11 is 9.79. The van der Waals surface area contributed by atoms with E-state index in [4.69, 9.17) is 17.0 Å². The zero-order valence-corrected chi connectivity index (χ0v) is 20.3. The molecule has 1 aromatic heterocycles. The first-order valence-electron chi connectivity index (χ1n) is 8.88. The second-order valence-electron chi connectivity index (χ2n) is 6.25. The maximum Gasteiger partial charge on any atom is 0.340 e. The summed E-state index contributed by atoms with van der Waals surface area (Å²) in [6.45, 7) is 0. The fourth-order valence-corrected chi connectivity index (χ4v) is 5.08. The van der Waals surface area contributed by atoms with E-state index in [9.17, 15) is 13.2 Å². The molecule has 31 heavy (non-hydrogen) atoms. The van der Waals surface area contributed by atoms with Crippen molar-refractivity contribution in [3.63, 3.8) is 0 Å². The van der Waals surface area contributed by atoms with Crippen molar-refractivity contribution in [3.05, 3.63) is 81.1 Å². The monoisotopic (exact) mass is 539 g/mol. The molecular weight excluding hydrogens is 522 g/mol. The molecule has 0 spiro atoms. The highest BCUT2D eigenvalue weighted by atomic mass is 79.9. The number of hydrogen-bond donors (Lipinski definition) is 3. The van der Waals surface area contributed by atoms with E-state index in [0.29, 0.717) is 17.0 Å². The van der Waals surface area contributed by atoms with Crippen molar-refractivity contribution in [3.8, 4) is 0 Å². The lowest BCUT2D eigenvalue weighted by atomic mass is 10.1. The summed E-state index contributed by atoms with van der Waals surface area (Å²) in [5.41, 5.74) is 3.86. The molecule has 0 amide bonds. The lowest BCUT2D eigenvalue weighted by Gasteiger charge is -2.12. The molecule has 0 saturated carbocycles. The van der Waals surface area contributed by atoms with Crippen LogP contribution in [-0.2, 0) is 21.2 Å². The van der Waals surface area contributed by atoms with E-state index in [2.05, 4.69) is 31.5 Å². The average Bonchev–Trinajstić information content (AvgIpc) is 3.14. The van der Waals surface area contributed by atoms with E-state index in [-0.39, 0.29) is 10.0 Å².